The van der Waals surface area contributed by atoms with E-state index in [1.165, 1.54) is 6.20 Å². The first-order valence-electron chi connectivity index (χ1n) is 4.85. The Kier molecular flexibility index (Phi) is 2.55. The quantitative estimate of drug-likeness (QED) is 0.656. The van der Waals surface area contributed by atoms with Gasteiger partial charge in [-0.15, -0.1) is 0 Å². The highest BCUT2D eigenvalue weighted by atomic mass is 16.3. The molecule has 1 aromatic heterocycles. The van der Waals surface area contributed by atoms with Gasteiger partial charge in [0, 0.05) is 17.9 Å². The van der Waals surface area contributed by atoms with Gasteiger partial charge in [0.25, 0.3) is 5.91 Å². The minimum atomic E-state index is -0.535. The molecule has 5 heteroatoms. The molecule has 1 aromatic rings. The highest BCUT2D eigenvalue weighted by Gasteiger charge is 2.26. The summed E-state index contributed by atoms with van der Waals surface area (Å²) >= 11 is 0. The Morgan fingerprint density at radius 2 is 2.33 bits per heavy atom. The molecule has 1 fully saturated rings. The molecule has 1 amide bonds. The van der Waals surface area contributed by atoms with Gasteiger partial charge in [0.05, 0.1) is 6.10 Å². The van der Waals surface area contributed by atoms with Gasteiger partial charge in [0.2, 0.25) is 0 Å². The molecule has 1 aliphatic carbocycles. The van der Waals surface area contributed by atoms with Crippen molar-refractivity contribution in [3.05, 3.63) is 24.0 Å². The summed E-state index contributed by atoms with van der Waals surface area (Å²) in [4.78, 5) is 14.7. The number of nitrogens with zero attached hydrogens (tertiary/aromatic N) is 1. The minimum absolute atomic E-state index is 0.194. The van der Waals surface area contributed by atoms with Crippen molar-refractivity contribution in [3.63, 3.8) is 0 Å². The monoisotopic (exact) mass is 207 g/mol. The number of amides is 1. The molecule has 0 saturated heterocycles. The van der Waals surface area contributed by atoms with Crippen LogP contribution in [-0.4, -0.2) is 28.1 Å². The van der Waals surface area contributed by atoms with Gasteiger partial charge in [-0.05, 0) is 25.0 Å². The Morgan fingerprint density at radius 1 is 1.60 bits per heavy atom. The third-order valence-electron chi connectivity index (χ3n) is 2.50. The maximum absolute atomic E-state index is 10.9. The maximum atomic E-state index is 10.9. The van der Waals surface area contributed by atoms with Gasteiger partial charge in [-0.2, -0.15) is 0 Å². The average molecular weight is 207 g/mol. The van der Waals surface area contributed by atoms with Crippen LogP contribution in [0.5, 0.6) is 0 Å². The third kappa shape index (κ3) is 2.24. The zero-order valence-electron chi connectivity index (χ0n) is 8.18. The van der Waals surface area contributed by atoms with Crippen molar-refractivity contribution in [2.24, 2.45) is 5.73 Å². The Hall–Kier alpha value is -1.62. The number of carbonyl (C=O) groups is 1. The summed E-state index contributed by atoms with van der Waals surface area (Å²) < 4.78 is 0. The summed E-state index contributed by atoms with van der Waals surface area (Å²) in [5, 5.41) is 12.3. The Morgan fingerprint density at radius 3 is 2.93 bits per heavy atom. The van der Waals surface area contributed by atoms with Gasteiger partial charge < -0.3 is 16.2 Å². The Bertz CT molecular complexity index is 375. The van der Waals surface area contributed by atoms with Crippen molar-refractivity contribution in [1.82, 2.24) is 4.98 Å². The topological polar surface area (TPSA) is 88.2 Å². The van der Waals surface area contributed by atoms with E-state index in [1.807, 2.05) is 0 Å². The lowest BCUT2D eigenvalue weighted by Gasteiger charge is -2.32. The van der Waals surface area contributed by atoms with Crippen LogP contribution in [0.1, 0.15) is 23.3 Å². The van der Waals surface area contributed by atoms with Crippen LogP contribution in [0.2, 0.25) is 0 Å². The summed E-state index contributed by atoms with van der Waals surface area (Å²) in [6.07, 6.45) is 2.83. The second-order valence-electron chi connectivity index (χ2n) is 3.76. The maximum Gasteiger partial charge on any atom is 0.267 e. The van der Waals surface area contributed by atoms with Gasteiger partial charge >= 0.3 is 0 Å². The molecule has 0 bridgehead atoms. The van der Waals surface area contributed by atoms with E-state index in [0.29, 0.717) is 0 Å². The normalized spacial score (nSPS) is 24.3. The fourth-order valence-electron chi connectivity index (χ4n) is 1.60. The van der Waals surface area contributed by atoms with E-state index in [0.717, 1.165) is 18.5 Å². The van der Waals surface area contributed by atoms with E-state index in [-0.39, 0.29) is 17.8 Å². The van der Waals surface area contributed by atoms with Crippen molar-refractivity contribution in [2.75, 3.05) is 5.32 Å². The average Bonchev–Trinajstić information content (AvgIpc) is 2.16. The van der Waals surface area contributed by atoms with Crippen LogP contribution < -0.4 is 11.1 Å². The van der Waals surface area contributed by atoms with E-state index in [2.05, 4.69) is 10.3 Å². The standard InChI is InChI=1S/C10H13N3O2/c11-10(15)9-5-6(1-2-12-9)13-7-3-8(14)4-7/h1-2,5,7-8,14H,3-4H2,(H2,11,15)(H,12,13). The first-order valence-corrected chi connectivity index (χ1v) is 4.85. The summed E-state index contributed by atoms with van der Waals surface area (Å²) in [5.74, 6) is -0.535. The van der Waals surface area contributed by atoms with Crippen LogP contribution in [-0.2, 0) is 0 Å². The van der Waals surface area contributed by atoms with Gasteiger partial charge in [-0.1, -0.05) is 0 Å². The molecule has 80 valence electrons. The molecule has 2 rings (SSSR count). The van der Waals surface area contributed by atoms with Crippen molar-refractivity contribution in [3.8, 4) is 0 Å². The van der Waals surface area contributed by atoms with Crippen LogP contribution in [0.3, 0.4) is 0 Å². The number of pyridine rings is 1. The first kappa shape index (κ1) is 9.92. The minimum Gasteiger partial charge on any atom is -0.393 e. The Labute approximate surface area is 87.3 Å². The molecule has 0 atom stereocenters. The third-order valence-corrected chi connectivity index (χ3v) is 2.50. The van der Waals surface area contributed by atoms with Crippen molar-refractivity contribution in [1.29, 1.82) is 0 Å². The fourth-order valence-corrected chi connectivity index (χ4v) is 1.60. The van der Waals surface area contributed by atoms with E-state index in [4.69, 9.17) is 10.8 Å². The molecule has 4 N–H and O–H groups in total. The van der Waals surface area contributed by atoms with Crippen LogP contribution in [0.4, 0.5) is 5.69 Å². The van der Waals surface area contributed by atoms with Crippen LogP contribution in [0.15, 0.2) is 18.3 Å². The number of hydrogen-bond donors (Lipinski definition) is 3. The number of aliphatic hydroxyl groups excluding tert-OH is 1. The van der Waals surface area contributed by atoms with Crippen molar-refractivity contribution >= 4 is 11.6 Å². The largest absolute Gasteiger partial charge is 0.393 e. The second-order valence-corrected chi connectivity index (χ2v) is 3.76. The number of aliphatic hydroxyl groups is 1. The van der Waals surface area contributed by atoms with Crippen molar-refractivity contribution < 1.29 is 9.90 Å². The fraction of sp³-hybridized carbons (Fsp3) is 0.400. The second kappa shape index (κ2) is 3.86. The number of nitrogens with two attached hydrogens (primary N) is 1. The molecule has 0 spiro atoms. The summed E-state index contributed by atoms with van der Waals surface area (Å²) in [6, 6.07) is 3.67. The highest BCUT2D eigenvalue weighted by Crippen LogP contribution is 2.23. The predicted molar refractivity (Wildman–Crippen MR) is 55.4 cm³/mol. The molecular formula is C10H13N3O2. The van der Waals surface area contributed by atoms with E-state index < -0.39 is 5.91 Å². The Balaban J connectivity index is 2.02. The lowest BCUT2D eigenvalue weighted by molar-refractivity contribution is 0.0836. The number of primary amides is 1. The molecule has 1 saturated carbocycles. The summed E-state index contributed by atoms with van der Waals surface area (Å²) in [5.41, 5.74) is 6.18. The summed E-state index contributed by atoms with van der Waals surface area (Å²) in [6.45, 7) is 0. The molecule has 1 aliphatic rings. The predicted octanol–water partition coefficient (Wildman–Crippen LogP) is 0.116. The van der Waals surface area contributed by atoms with E-state index in [1.54, 1.807) is 12.1 Å². The van der Waals surface area contributed by atoms with Gasteiger partial charge in [-0.3, -0.25) is 9.78 Å². The molecular weight excluding hydrogens is 194 g/mol. The van der Waals surface area contributed by atoms with E-state index in [9.17, 15) is 4.79 Å². The van der Waals surface area contributed by atoms with Gasteiger partial charge in [0.1, 0.15) is 5.69 Å². The van der Waals surface area contributed by atoms with Crippen LogP contribution in [0.25, 0.3) is 0 Å². The highest BCUT2D eigenvalue weighted by molar-refractivity contribution is 5.91. The number of anilines is 1. The molecule has 0 radical (unpaired) electrons. The van der Waals surface area contributed by atoms with Gasteiger partial charge in [-0.25, -0.2) is 0 Å². The number of carbonyl (C=O) groups excluding carboxylic acids is 1. The molecule has 1 heterocycles. The lowest BCUT2D eigenvalue weighted by atomic mass is 9.89. The molecule has 0 unspecified atom stereocenters. The van der Waals surface area contributed by atoms with E-state index >= 15 is 0 Å². The van der Waals surface area contributed by atoms with Gasteiger partial charge in [0.15, 0.2) is 0 Å². The van der Waals surface area contributed by atoms with Crippen LogP contribution >= 0.6 is 0 Å². The first-order chi connectivity index (χ1) is 7.15. The lowest BCUT2D eigenvalue weighted by Crippen LogP contribution is -2.39. The smallest absolute Gasteiger partial charge is 0.267 e. The molecule has 0 aliphatic heterocycles. The number of aromatic nitrogens is 1. The van der Waals surface area contributed by atoms with Crippen molar-refractivity contribution in [2.45, 2.75) is 25.0 Å². The van der Waals surface area contributed by atoms with Crippen LogP contribution in [0, 0.1) is 0 Å². The molecule has 15 heavy (non-hydrogen) atoms. The molecule has 0 aromatic carbocycles. The number of rotatable bonds is 3. The number of nitrogens with one attached hydrogen (secondary N) is 1. The SMILES string of the molecule is NC(=O)c1cc(NC2CC(O)C2)ccn1. The zero-order valence-corrected chi connectivity index (χ0v) is 8.18. The number of hydrogen-bond acceptors (Lipinski definition) is 4. The zero-order chi connectivity index (χ0) is 10.8. The summed E-state index contributed by atoms with van der Waals surface area (Å²) in [7, 11) is 0. The molecule has 5 nitrogen and oxygen atoms in total.